The van der Waals surface area contributed by atoms with E-state index in [2.05, 4.69) is 15.0 Å². The Hall–Kier alpha value is -2.49. The lowest BCUT2D eigenvalue weighted by molar-refractivity contribution is 0.0907. The fraction of sp³-hybridized carbons (Fsp3) is 0.235. The number of imidazole rings is 1. The molecule has 4 heteroatoms. The number of hydrogen-bond donors (Lipinski definition) is 1. The molecule has 1 unspecified atom stereocenters. The fourth-order valence-electron chi connectivity index (χ4n) is 3.06. The van der Waals surface area contributed by atoms with Crippen molar-refractivity contribution in [3.63, 3.8) is 0 Å². The third-order valence-electron chi connectivity index (χ3n) is 4.24. The number of aryl methyl sites for hydroxylation is 1. The van der Waals surface area contributed by atoms with Gasteiger partial charge in [0.1, 0.15) is 0 Å². The standard InChI is InChI=1S/C17H15N3O/c21-17(12-5-6-15-16(8-12)20-10-19-15)13-7-11-3-1-2-4-14(11)18-9-13/h1-4,7,9-10,12H,5-6,8H2,(H,19,20). The third-order valence-corrected chi connectivity index (χ3v) is 4.24. The van der Waals surface area contributed by atoms with Crippen LogP contribution in [0.25, 0.3) is 10.9 Å². The topological polar surface area (TPSA) is 58.6 Å². The smallest absolute Gasteiger partial charge is 0.167 e. The van der Waals surface area contributed by atoms with E-state index in [0.717, 1.165) is 35.9 Å². The zero-order valence-corrected chi connectivity index (χ0v) is 11.5. The maximum Gasteiger partial charge on any atom is 0.167 e. The van der Waals surface area contributed by atoms with Crippen molar-refractivity contribution >= 4 is 16.7 Å². The Morgan fingerprint density at radius 3 is 3.10 bits per heavy atom. The Morgan fingerprint density at radius 1 is 1.24 bits per heavy atom. The van der Waals surface area contributed by atoms with Crippen LogP contribution in [0.2, 0.25) is 0 Å². The molecule has 0 aliphatic heterocycles. The molecular weight excluding hydrogens is 262 g/mol. The number of aromatic nitrogens is 3. The molecule has 0 amide bonds. The normalized spacial score (nSPS) is 17.6. The number of carbonyl (C=O) groups excluding carboxylic acids is 1. The summed E-state index contributed by atoms with van der Waals surface area (Å²) in [6.07, 6.45) is 5.91. The number of aromatic amines is 1. The first-order valence-corrected chi connectivity index (χ1v) is 7.21. The molecule has 0 saturated heterocycles. The molecule has 3 aromatic rings. The average Bonchev–Trinajstić information content (AvgIpc) is 3.01. The van der Waals surface area contributed by atoms with Gasteiger partial charge in [-0.15, -0.1) is 0 Å². The molecule has 1 aliphatic rings. The molecule has 1 N–H and O–H groups in total. The van der Waals surface area contributed by atoms with Crippen LogP contribution >= 0.6 is 0 Å². The third kappa shape index (κ3) is 2.13. The lowest BCUT2D eigenvalue weighted by Gasteiger charge is -2.20. The number of hydrogen-bond acceptors (Lipinski definition) is 3. The SMILES string of the molecule is O=C(c1cnc2ccccc2c1)C1CCc2[nH]cnc2C1. The number of H-pyrrole nitrogens is 1. The number of fused-ring (bicyclic) bond motifs is 2. The molecule has 2 heterocycles. The van der Waals surface area contributed by atoms with Crippen molar-refractivity contribution in [2.75, 3.05) is 0 Å². The predicted octanol–water partition coefficient (Wildman–Crippen LogP) is 2.95. The van der Waals surface area contributed by atoms with E-state index in [-0.39, 0.29) is 11.7 Å². The second-order valence-corrected chi connectivity index (χ2v) is 5.55. The summed E-state index contributed by atoms with van der Waals surface area (Å²) in [7, 11) is 0. The summed E-state index contributed by atoms with van der Waals surface area (Å²) in [5, 5.41) is 1.01. The number of nitrogens with one attached hydrogen (secondary N) is 1. The molecule has 2 aromatic heterocycles. The zero-order valence-electron chi connectivity index (χ0n) is 11.5. The number of nitrogens with zero attached hydrogens (tertiary/aromatic N) is 2. The number of benzene rings is 1. The Labute approximate surface area is 122 Å². The van der Waals surface area contributed by atoms with Crippen molar-refractivity contribution in [1.29, 1.82) is 0 Å². The van der Waals surface area contributed by atoms with Crippen LogP contribution in [0.15, 0.2) is 42.9 Å². The van der Waals surface area contributed by atoms with E-state index in [1.54, 1.807) is 12.5 Å². The molecule has 4 nitrogen and oxygen atoms in total. The van der Waals surface area contributed by atoms with E-state index in [1.165, 1.54) is 5.69 Å². The number of carbonyl (C=O) groups is 1. The maximum absolute atomic E-state index is 12.7. The molecule has 1 aromatic carbocycles. The Bertz CT molecular complexity index is 822. The molecule has 104 valence electrons. The van der Waals surface area contributed by atoms with Crippen LogP contribution in [0.1, 0.15) is 28.2 Å². The van der Waals surface area contributed by atoms with Gasteiger partial charge in [0.05, 0.1) is 17.5 Å². The first kappa shape index (κ1) is 12.3. The first-order valence-electron chi connectivity index (χ1n) is 7.21. The van der Waals surface area contributed by atoms with Gasteiger partial charge in [0.25, 0.3) is 0 Å². The van der Waals surface area contributed by atoms with Crippen molar-refractivity contribution in [2.24, 2.45) is 5.92 Å². The van der Waals surface area contributed by atoms with E-state index in [9.17, 15) is 4.79 Å². The van der Waals surface area contributed by atoms with Crippen molar-refractivity contribution in [3.05, 3.63) is 59.8 Å². The molecule has 1 aliphatic carbocycles. The first-order chi connectivity index (χ1) is 10.3. The summed E-state index contributed by atoms with van der Waals surface area (Å²) in [5.41, 5.74) is 3.84. The van der Waals surface area contributed by atoms with Crippen LogP contribution in [0.4, 0.5) is 0 Å². The number of Topliss-reactive ketones (excluding diaryl/α,β-unsaturated/α-hetero) is 1. The molecule has 0 bridgehead atoms. The van der Waals surface area contributed by atoms with Crippen molar-refractivity contribution in [2.45, 2.75) is 19.3 Å². The highest BCUT2D eigenvalue weighted by atomic mass is 16.1. The minimum Gasteiger partial charge on any atom is -0.348 e. The summed E-state index contributed by atoms with van der Waals surface area (Å²) >= 11 is 0. The second-order valence-electron chi connectivity index (χ2n) is 5.55. The summed E-state index contributed by atoms with van der Waals surface area (Å²) in [6.45, 7) is 0. The zero-order chi connectivity index (χ0) is 14.2. The van der Waals surface area contributed by atoms with Gasteiger partial charge in [-0.25, -0.2) is 4.98 Å². The highest BCUT2D eigenvalue weighted by Gasteiger charge is 2.27. The van der Waals surface area contributed by atoms with Gasteiger partial charge in [-0.1, -0.05) is 18.2 Å². The Balaban J connectivity index is 1.64. The molecule has 0 radical (unpaired) electrons. The summed E-state index contributed by atoms with van der Waals surface area (Å²) < 4.78 is 0. The van der Waals surface area contributed by atoms with Crippen LogP contribution in [-0.2, 0) is 12.8 Å². The van der Waals surface area contributed by atoms with Crippen LogP contribution in [0.3, 0.4) is 0 Å². The summed E-state index contributed by atoms with van der Waals surface area (Å²) in [4.78, 5) is 24.5. The minimum atomic E-state index is 0.0174. The van der Waals surface area contributed by atoms with Crippen LogP contribution < -0.4 is 0 Å². The van der Waals surface area contributed by atoms with Crippen LogP contribution in [0.5, 0.6) is 0 Å². The lowest BCUT2D eigenvalue weighted by Crippen LogP contribution is -2.23. The van der Waals surface area contributed by atoms with E-state index >= 15 is 0 Å². The Morgan fingerprint density at radius 2 is 2.14 bits per heavy atom. The molecule has 4 rings (SSSR count). The van der Waals surface area contributed by atoms with Gasteiger partial charge < -0.3 is 4.98 Å². The maximum atomic E-state index is 12.7. The van der Waals surface area contributed by atoms with Gasteiger partial charge in [0, 0.05) is 35.2 Å². The van der Waals surface area contributed by atoms with Crippen LogP contribution in [-0.4, -0.2) is 20.7 Å². The van der Waals surface area contributed by atoms with Gasteiger partial charge in [-0.3, -0.25) is 9.78 Å². The van der Waals surface area contributed by atoms with Crippen molar-refractivity contribution in [1.82, 2.24) is 15.0 Å². The van der Waals surface area contributed by atoms with E-state index in [0.29, 0.717) is 5.56 Å². The molecule has 21 heavy (non-hydrogen) atoms. The molecule has 0 saturated carbocycles. The number of pyridine rings is 1. The van der Waals surface area contributed by atoms with Crippen molar-refractivity contribution < 1.29 is 4.79 Å². The predicted molar refractivity (Wildman–Crippen MR) is 80.2 cm³/mol. The number of rotatable bonds is 2. The quantitative estimate of drug-likeness (QED) is 0.733. The van der Waals surface area contributed by atoms with Gasteiger partial charge in [0.2, 0.25) is 0 Å². The molecule has 0 fully saturated rings. The highest BCUT2D eigenvalue weighted by molar-refractivity contribution is 6.00. The monoisotopic (exact) mass is 277 g/mol. The molecule has 1 atom stereocenters. The number of ketones is 1. The fourth-order valence-corrected chi connectivity index (χ4v) is 3.06. The van der Waals surface area contributed by atoms with Gasteiger partial charge in [-0.05, 0) is 25.0 Å². The van der Waals surface area contributed by atoms with E-state index in [4.69, 9.17) is 0 Å². The van der Waals surface area contributed by atoms with Gasteiger partial charge in [0.15, 0.2) is 5.78 Å². The summed E-state index contributed by atoms with van der Waals surface area (Å²) in [5.74, 6) is 0.200. The average molecular weight is 277 g/mol. The van der Waals surface area contributed by atoms with Crippen LogP contribution in [0, 0.1) is 5.92 Å². The highest BCUT2D eigenvalue weighted by Crippen LogP contribution is 2.26. The number of para-hydroxylation sites is 1. The van der Waals surface area contributed by atoms with E-state index < -0.39 is 0 Å². The van der Waals surface area contributed by atoms with E-state index in [1.807, 2.05) is 30.3 Å². The second kappa shape index (κ2) is 4.81. The molecule has 0 spiro atoms. The lowest BCUT2D eigenvalue weighted by atomic mass is 9.84. The minimum absolute atomic E-state index is 0.0174. The molecular formula is C17H15N3O. The summed E-state index contributed by atoms with van der Waals surface area (Å²) in [6, 6.07) is 9.82. The van der Waals surface area contributed by atoms with Crippen molar-refractivity contribution in [3.8, 4) is 0 Å². The Kier molecular flexibility index (Phi) is 2.81. The van der Waals surface area contributed by atoms with Gasteiger partial charge >= 0.3 is 0 Å². The van der Waals surface area contributed by atoms with Gasteiger partial charge in [-0.2, -0.15) is 0 Å². The largest absolute Gasteiger partial charge is 0.348 e.